The van der Waals surface area contributed by atoms with Crippen LogP contribution in [0.15, 0.2) is 48.5 Å². The highest BCUT2D eigenvalue weighted by Crippen LogP contribution is 2.35. The van der Waals surface area contributed by atoms with Gasteiger partial charge in [-0.1, -0.05) is 30.3 Å². The Bertz CT molecular complexity index is 856. The normalized spacial score (nSPS) is 20.6. The number of aliphatic hydroxyl groups is 1. The van der Waals surface area contributed by atoms with Gasteiger partial charge in [-0.2, -0.15) is 0 Å². The predicted molar refractivity (Wildman–Crippen MR) is 96.3 cm³/mol. The summed E-state index contributed by atoms with van der Waals surface area (Å²) < 4.78 is 5.32. The second kappa shape index (κ2) is 6.37. The molecule has 4 rings (SSSR count). The third kappa shape index (κ3) is 2.72. The van der Waals surface area contributed by atoms with E-state index in [-0.39, 0.29) is 5.91 Å². The zero-order valence-corrected chi connectivity index (χ0v) is 14.2. The van der Waals surface area contributed by atoms with E-state index in [2.05, 4.69) is 18.2 Å². The molecule has 4 heteroatoms. The van der Waals surface area contributed by atoms with Crippen LogP contribution in [0.25, 0.3) is 5.57 Å². The van der Waals surface area contributed by atoms with Crippen LogP contribution in [0.1, 0.15) is 46.1 Å². The number of amides is 1. The highest BCUT2D eigenvalue weighted by molar-refractivity contribution is 5.99. The van der Waals surface area contributed by atoms with E-state index in [9.17, 15) is 9.90 Å². The number of ether oxygens (including phenoxy) is 1. The molecule has 0 bridgehead atoms. The van der Waals surface area contributed by atoms with E-state index in [1.54, 1.807) is 13.2 Å². The maximum absolute atomic E-state index is 12.5. The molecule has 2 aromatic carbocycles. The molecule has 1 aliphatic carbocycles. The van der Waals surface area contributed by atoms with Gasteiger partial charge in [0.15, 0.2) is 6.23 Å². The summed E-state index contributed by atoms with van der Waals surface area (Å²) in [4.78, 5) is 14.1. The fourth-order valence-corrected chi connectivity index (χ4v) is 3.78. The molecule has 1 heterocycles. The SMILES string of the molecule is COc1ccc2c(c1)CCC/C2=C\CN1C(=O)c2ccccc2[C@@H]1O. The van der Waals surface area contributed by atoms with Gasteiger partial charge in [0.25, 0.3) is 5.91 Å². The van der Waals surface area contributed by atoms with Gasteiger partial charge in [0.2, 0.25) is 0 Å². The Labute approximate surface area is 147 Å². The fourth-order valence-electron chi connectivity index (χ4n) is 3.78. The summed E-state index contributed by atoms with van der Waals surface area (Å²) in [6.07, 6.45) is 4.34. The minimum absolute atomic E-state index is 0.106. The number of hydrogen-bond donors (Lipinski definition) is 1. The van der Waals surface area contributed by atoms with Gasteiger partial charge in [-0.05, 0) is 54.2 Å². The van der Waals surface area contributed by atoms with E-state index in [4.69, 9.17) is 4.74 Å². The smallest absolute Gasteiger partial charge is 0.256 e. The van der Waals surface area contributed by atoms with Crippen molar-refractivity contribution in [1.29, 1.82) is 0 Å². The molecule has 4 nitrogen and oxygen atoms in total. The number of nitrogens with zero attached hydrogens (tertiary/aromatic N) is 1. The van der Waals surface area contributed by atoms with Crippen LogP contribution in [-0.2, 0) is 6.42 Å². The average Bonchev–Trinajstić information content (AvgIpc) is 2.90. The van der Waals surface area contributed by atoms with Crippen molar-refractivity contribution in [2.24, 2.45) is 0 Å². The van der Waals surface area contributed by atoms with Crippen molar-refractivity contribution >= 4 is 11.5 Å². The Morgan fingerprint density at radius 1 is 1.20 bits per heavy atom. The first kappa shape index (κ1) is 15.9. The number of rotatable bonds is 3. The monoisotopic (exact) mass is 335 g/mol. The maximum atomic E-state index is 12.5. The summed E-state index contributed by atoms with van der Waals surface area (Å²) in [7, 11) is 1.68. The molecule has 128 valence electrons. The number of carbonyl (C=O) groups excluding carboxylic acids is 1. The lowest BCUT2D eigenvalue weighted by Gasteiger charge is -2.23. The molecule has 0 fully saturated rings. The van der Waals surface area contributed by atoms with Crippen LogP contribution in [-0.4, -0.2) is 29.6 Å². The van der Waals surface area contributed by atoms with Crippen molar-refractivity contribution in [3.05, 3.63) is 70.8 Å². The molecule has 1 N–H and O–H groups in total. The van der Waals surface area contributed by atoms with Crippen molar-refractivity contribution in [2.45, 2.75) is 25.5 Å². The molecule has 25 heavy (non-hydrogen) atoms. The molecule has 0 saturated heterocycles. The van der Waals surface area contributed by atoms with Crippen molar-refractivity contribution < 1.29 is 14.6 Å². The Kier molecular flexibility index (Phi) is 4.06. The van der Waals surface area contributed by atoms with Gasteiger partial charge < -0.3 is 14.7 Å². The average molecular weight is 335 g/mol. The number of methoxy groups -OCH3 is 1. The Balaban J connectivity index is 1.59. The van der Waals surface area contributed by atoms with Crippen LogP contribution in [0.3, 0.4) is 0 Å². The quantitative estimate of drug-likeness (QED) is 0.933. The summed E-state index contributed by atoms with van der Waals surface area (Å²) in [5.41, 5.74) is 5.04. The maximum Gasteiger partial charge on any atom is 0.256 e. The summed E-state index contributed by atoms with van der Waals surface area (Å²) in [5.74, 6) is 0.770. The Morgan fingerprint density at radius 2 is 2.04 bits per heavy atom. The van der Waals surface area contributed by atoms with Crippen LogP contribution < -0.4 is 4.74 Å². The molecule has 0 aromatic heterocycles. The first-order chi connectivity index (χ1) is 12.2. The third-order valence-corrected chi connectivity index (χ3v) is 5.11. The number of carbonyl (C=O) groups is 1. The van der Waals surface area contributed by atoms with Gasteiger partial charge in [-0.15, -0.1) is 0 Å². The van der Waals surface area contributed by atoms with E-state index in [1.807, 2.05) is 24.3 Å². The molecule has 0 unspecified atom stereocenters. The Morgan fingerprint density at radius 3 is 2.84 bits per heavy atom. The van der Waals surface area contributed by atoms with E-state index < -0.39 is 6.23 Å². The highest BCUT2D eigenvalue weighted by atomic mass is 16.5. The number of fused-ring (bicyclic) bond motifs is 2. The Hall–Kier alpha value is -2.59. The van der Waals surface area contributed by atoms with Gasteiger partial charge in [0.05, 0.1) is 7.11 Å². The van der Waals surface area contributed by atoms with Crippen molar-refractivity contribution in [3.63, 3.8) is 0 Å². The third-order valence-electron chi connectivity index (χ3n) is 5.11. The first-order valence-electron chi connectivity index (χ1n) is 8.63. The van der Waals surface area contributed by atoms with Gasteiger partial charge in [0, 0.05) is 17.7 Å². The van der Waals surface area contributed by atoms with E-state index in [0.29, 0.717) is 17.7 Å². The van der Waals surface area contributed by atoms with Crippen LogP contribution in [0.5, 0.6) is 5.75 Å². The molecule has 1 aliphatic heterocycles. The number of aliphatic hydroxyl groups excluding tert-OH is 1. The molecule has 0 radical (unpaired) electrons. The molecule has 2 aromatic rings. The second-order valence-electron chi connectivity index (χ2n) is 6.52. The lowest BCUT2D eigenvalue weighted by Crippen LogP contribution is -2.28. The zero-order valence-electron chi connectivity index (χ0n) is 14.2. The summed E-state index contributed by atoms with van der Waals surface area (Å²) >= 11 is 0. The van der Waals surface area contributed by atoms with Gasteiger partial charge in [0.1, 0.15) is 5.75 Å². The minimum atomic E-state index is -0.862. The molecule has 2 aliphatic rings. The van der Waals surface area contributed by atoms with Crippen LogP contribution >= 0.6 is 0 Å². The van der Waals surface area contributed by atoms with Crippen molar-refractivity contribution in [2.75, 3.05) is 13.7 Å². The number of allylic oxidation sites excluding steroid dienone is 1. The lowest BCUT2D eigenvalue weighted by atomic mass is 9.87. The van der Waals surface area contributed by atoms with Gasteiger partial charge in [-0.3, -0.25) is 4.79 Å². The lowest BCUT2D eigenvalue weighted by molar-refractivity contribution is 0.0232. The number of benzene rings is 2. The van der Waals surface area contributed by atoms with Gasteiger partial charge in [-0.25, -0.2) is 0 Å². The number of aryl methyl sites for hydroxylation is 1. The van der Waals surface area contributed by atoms with Crippen LogP contribution in [0.2, 0.25) is 0 Å². The standard InChI is InChI=1S/C21H21NO3/c1-25-16-9-10-17-14(5-4-6-15(17)13-16)11-12-22-20(23)18-7-2-3-8-19(18)21(22)24/h2-3,7-11,13,20,23H,4-6,12H2,1H3/b14-11+/t20-/m0/s1. The topological polar surface area (TPSA) is 49.8 Å². The second-order valence-corrected chi connectivity index (χ2v) is 6.52. The molecule has 0 spiro atoms. The first-order valence-corrected chi connectivity index (χ1v) is 8.63. The van der Waals surface area contributed by atoms with Crippen LogP contribution in [0, 0.1) is 0 Å². The fraction of sp³-hybridized carbons (Fsp3) is 0.286. The van der Waals surface area contributed by atoms with Crippen LogP contribution in [0.4, 0.5) is 0 Å². The van der Waals surface area contributed by atoms with E-state index in [0.717, 1.165) is 25.0 Å². The highest BCUT2D eigenvalue weighted by Gasteiger charge is 2.34. The van der Waals surface area contributed by atoms with Gasteiger partial charge >= 0.3 is 0 Å². The molecule has 0 saturated carbocycles. The largest absolute Gasteiger partial charge is 0.497 e. The minimum Gasteiger partial charge on any atom is -0.497 e. The predicted octanol–water partition coefficient (Wildman–Crippen LogP) is 3.56. The van der Waals surface area contributed by atoms with E-state index in [1.165, 1.54) is 21.6 Å². The molecular formula is C21H21NO3. The molecule has 1 atom stereocenters. The zero-order chi connectivity index (χ0) is 17.4. The van der Waals surface area contributed by atoms with E-state index >= 15 is 0 Å². The summed E-state index contributed by atoms with van der Waals surface area (Å²) in [6.45, 7) is 0.412. The van der Waals surface area contributed by atoms with Crippen molar-refractivity contribution in [1.82, 2.24) is 4.90 Å². The van der Waals surface area contributed by atoms with Crippen molar-refractivity contribution in [3.8, 4) is 5.75 Å². The summed E-state index contributed by atoms with van der Waals surface area (Å²) in [5, 5.41) is 10.5. The molecule has 1 amide bonds. The summed E-state index contributed by atoms with van der Waals surface area (Å²) in [6, 6.07) is 13.4. The molecular weight excluding hydrogens is 314 g/mol. The number of hydrogen-bond acceptors (Lipinski definition) is 3.